The summed E-state index contributed by atoms with van der Waals surface area (Å²) in [5, 5.41) is 7.03. The molecule has 0 amide bonds. The molecule has 0 bridgehead atoms. The van der Waals surface area contributed by atoms with E-state index in [-0.39, 0.29) is 24.0 Å². The molecule has 0 saturated carbocycles. The maximum atomic E-state index is 6.87. The molecule has 12 heteroatoms. The van der Waals surface area contributed by atoms with Gasteiger partial charge in [-0.1, -0.05) is 212 Å². The van der Waals surface area contributed by atoms with Crippen molar-refractivity contribution in [3.05, 3.63) is 361 Å². The highest BCUT2D eigenvalue weighted by Gasteiger charge is 2.42. The molecule has 4 unspecified atom stereocenters. The molecule has 19 aromatic rings. The predicted octanol–water partition coefficient (Wildman–Crippen LogP) is 24.1. The first-order valence-corrected chi connectivity index (χ1v) is 37.2. The van der Waals surface area contributed by atoms with E-state index in [9.17, 15) is 0 Å². The van der Waals surface area contributed by atoms with Crippen LogP contribution in [0.1, 0.15) is 57.7 Å². The van der Waals surface area contributed by atoms with Crippen molar-refractivity contribution >= 4 is 87.4 Å². The zero-order valence-electron chi connectivity index (χ0n) is 57.9. The Balaban J connectivity index is 0.000000135. The van der Waals surface area contributed by atoms with Crippen molar-refractivity contribution in [1.82, 2.24) is 39.0 Å². The van der Waals surface area contributed by atoms with Crippen molar-refractivity contribution < 1.29 is 13.9 Å². The fraction of sp³-hybridized carbons (Fsp3) is 0.0417. The lowest BCUT2D eigenvalue weighted by molar-refractivity contribution is 0.224. The maximum Gasteiger partial charge on any atom is 0.164 e. The third-order valence-corrected chi connectivity index (χ3v) is 22.8. The fourth-order valence-corrected chi connectivity index (χ4v) is 17.8. The molecule has 108 heavy (non-hydrogen) atoms. The van der Waals surface area contributed by atoms with Crippen LogP contribution in [0, 0.1) is 0 Å². The Bertz CT molecular complexity index is 6920. The highest BCUT2D eigenvalue weighted by molar-refractivity contribution is 7.25. The third kappa shape index (κ3) is 10.2. The lowest BCUT2D eigenvalue weighted by Crippen LogP contribution is -2.13. The van der Waals surface area contributed by atoms with E-state index in [1.54, 1.807) is 11.3 Å². The van der Waals surface area contributed by atoms with E-state index in [1.165, 1.54) is 58.8 Å². The number of rotatable bonds is 9. The molecule has 0 fully saturated rings. The Kier molecular flexibility index (Phi) is 14.2. The van der Waals surface area contributed by atoms with E-state index >= 15 is 0 Å². The molecule has 508 valence electrons. The quantitative estimate of drug-likeness (QED) is 0.139. The molecule has 2 aliphatic heterocycles. The third-order valence-electron chi connectivity index (χ3n) is 21.6. The van der Waals surface area contributed by atoms with Gasteiger partial charge in [0.05, 0.1) is 22.4 Å². The molecule has 6 aromatic heterocycles. The molecule has 0 saturated heterocycles. The number of hydrogen-bond donors (Lipinski definition) is 0. The monoisotopic (exact) mass is 1400 g/mol. The fourth-order valence-electron chi connectivity index (χ4n) is 16.7. The van der Waals surface area contributed by atoms with Crippen molar-refractivity contribution in [2.75, 3.05) is 0 Å². The molecule has 23 rings (SSSR count). The Labute approximate surface area is 624 Å². The molecule has 8 heterocycles. The van der Waals surface area contributed by atoms with E-state index in [1.807, 2.05) is 54.6 Å². The molecule has 13 aromatic carbocycles. The van der Waals surface area contributed by atoms with Gasteiger partial charge in [0, 0.05) is 121 Å². The smallest absolute Gasteiger partial charge is 0.164 e. The first-order chi connectivity index (χ1) is 53.5. The summed E-state index contributed by atoms with van der Waals surface area (Å²) in [6, 6.07) is 109. The van der Waals surface area contributed by atoms with Gasteiger partial charge >= 0.3 is 0 Å². The predicted molar refractivity (Wildman–Crippen MR) is 435 cm³/mol. The minimum atomic E-state index is -0.160. The summed E-state index contributed by atoms with van der Waals surface area (Å²) in [6.45, 7) is 0. The van der Waals surface area contributed by atoms with Crippen LogP contribution < -0.4 is 9.47 Å². The Hall–Kier alpha value is -13.9. The molecular formula is C96H60N8O3S. The van der Waals surface area contributed by atoms with Gasteiger partial charge in [0.15, 0.2) is 34.9 Å². The Morgan fingerprint density at radius 3 is 1.26 bits per heavy atom. The van der Waals surface area contributed by atoms with Gasteiger partial charge in [0.2, 0.25) is 0 Å². The second-order valence-electron chi connectivity index (χ2n) is 27.9. The lowest BCUT2D eigenvalue weighted by Gasteiger charge is -2.22. The number of para-hydroxylation sites is 5. The first kappa shape index (κ1) is 61.5. The average Bonchev–Trinajstić information content (AvgIpc) is 1.56. The molecule has 4 atom stereocenters. The van der Waals surface area contributed by atoms with Crippen molar-refractivity contribution in [3.8, 4) is 102 Å². The first-order valence-electron chi connectivity index (χ1n) is 36.4. The van der Waals surface area contributed by atoms with Gasteiger partial charge in [0.1, 0.15) is 34.9 Å². The summed E-state index contributed by atoms with van der Waals surface area (Å²) in [6.07, 6.45) is 8.84. The summed E-state index contributed by atoms with van der Waals surface area (Å²) in [4.78, 5) is 30.7. The van der Waals surface area contributed by atoms with E-state index in [4.69, 9.17) is 43.8 Å². The van der Waals surface area contributed by atoms with Crippen LogP contribution in [0.25, 0.3) is 167 Å². The molecule has 11 nitrogen and oxygen atoms in total. The van der Waals surface area contributed by atoms with Crippen molar-refractivity contribution in [2.24, 2.45) is 0 Å². The second kappa shape index (κ2) is 24.9. The molecule has 0 radical (unpaired) electrons. The molecular weight excluding hydrogens is 1350 g/mol. The van der Waals surface area contributed by atoms with E-state index in [0.29, 0.717) is 34.9 Å². The zero-order valence-corrected chi connectivity index (χ0v) is 58.7. The van der Waals surface area contributed by atoms with Gasteiger partial charge in [0.25, 0.3) is 0 Å². The molecule has 2 aliphatic carbocycles. The summed E-state index contributed by atoms with van der Waals surface area (Å²) >= 11 is 1.80. The standard InChI is InChI=1S/C51H32N4O2.C45H28N4OS/c1-3-12-31(13-4-1)32-14-11-15-33(28-32)49-52-50(34-22-26-45-40(29-34)37-18-8-10-21-44(37)56-45)54-51(53-49)35-23-27-46-41(30-35)38-24-25-43-47(48(38)57-46)39-19-7-9-20-42(39)55(43)36-16-5-2-6-17-36;1-3-11-27(12-4-1)43-46-44(48-45(47-43)29-19-21-32-31-15-8-10-18-39(31)51-40(32)26-29)28-20-24-38-35(25-28)33-22-23-37-41(42(33)50-38)34-16-7-9-17-36(34)49(37)30-13-5-2-6-14-30/h1-30,38,48H;1-26,33,42H. The van der Waals surface area contributed by atoms with Crippen LogP contribution >= 0.6 is 11.3 Å². The molecule has 0 spiro atoms. The van der Waals surface area contributed by atoms with Gasteiger partial charge < -0.3 is 23.0 Å². The summed E-state index contributed by atoms with van der Waals surface area (Å²) in [7, 11) is 0. The van der Waals surface area contributed by atoms with E-state index < -0.39 is 0 Å². The summed E-state index contributed by atoms with van der Waals surface area (Å²) < 4.78 is 27.0. The van der Waals surface area contributed by atoms with Gasteiger partial charge in [-0.3, -0.25) is 0 Å². The number of nitrogens with zero attached hydrogens (tertiary/aromatic N) is 8. The van der Waals surface area contributed by atoms with E-state index in [2.05, 4.69) is 294 Å². The summed E-state index contributed by atoms with van der Waals surface area (Å²) in [5.74, 6) is 5.62. The number of ether oxygens (including phenoxy) is 2. The SMILES string of the molecule is C1=CC2c3cc(-c4nc(-c5cccc(-c6ccccc6)c5)nc(-c5ccc6oc7ccccc7c6c5)n4)ccc3OC2c2c1n(-c1ccccc1)c1ccccc21.C1=CC2c3cc(-c4nc(-c5ccccc5)nc(-c5ccc6c(c5)sc5ccccc56)n4)ccc3OC2c2c1n(-c1ccccc1)c1ccccc21. The maximum absolute atomic E-state index is 6.87. The molecule has 4 aliphatic rings. The number of benzene rings is 13. The van der Waals surface area contributed by atoms with Crippen LogP contribution in [0.15, 0.2) is 332 Å². The normalized spacial score (nSPS) is 15.7. The van der Waals surface area contributed by atoms with Crippen molar-refractivity contribution in [2.45, 2.75) is 24.0 Å². The lowest BCUT2D eigenvalue weighted by atomic mass is 9.85. The van der Waals surface area contributed by atoms with Crippen molar-refractivity contribution in [3.63, 3.8) is 0 Å². The number of thiophene rings is 1. The van der Waals surface area contributed by atoms with Crippen LogP contribution in [0.2, 0.25) is 0 Å². The average molecular weight is 1410 g/mol. The van der Waals surface area contributed by atoms with Crippen LogP contribution in [0.4, 0.5) is 0 Å². The summed E-state index contributed by atoms with van der Waals surface area (Å²) in [5.41, 5.74) is 21.1. The highest BCUT2D eigenvalue weighted by Crippen LogP contribution is 2.56. The topological polar surface area (TPSA) is 119 Å². The number of aromatic nitrogens is 8. The number of fused-ring (bicyclic) bond motifs is 20. The van der Waals surface area contributed by atoms with Crippen LogP contribution in [-0.2, 0) is 0 Å². The molecule has 0 N–H and O–H groups in total. The Morgan fingerprint density at radius 1 is 0.278 bits per heavy atom. The van der Waals surface area contributed by atoms with Gasteiger partial charge in [-0.15, -0.1) is 11.3 Å². The van der Waals surface area contributed by atoms with Crippen LogP contribution in [0.5, 0.6) is 11.5 Å². The van der Waals surface area contributed by atoms with Crippen LogP contribution in [0.3, 0.4) is 0 Å². The van der Waals surface area contributed by atoms with E-state index in [0.717, 1.165) is 106 Å². The van der Waals surface area contributed by atoms with Gasteiger partial charge in [-0.25, -0.2) is 29.9 Å². The number of hydrogen-bond acceptors (Lipinski definition) is 10. The minimum Gasteiger partial charge on any atom is -0.484 e. The minimum absolute atomic E-state index is 0.0302. The Morgan fingerprint density at radius 2 is 0.685 bits per heavy atom. The second-order valence-corrected chi connectivity index (χ2v) is 29.0. The zero-order chi connectivity index (χ0) is 70.9. The largest absolute Gasteiger partial charge is 0.484 e. The van der Waals surface area contributed by atoms with Crippen LogP contribution in [-0.4, -0.2) is 39.0 Å². The van der Waals surface area contributed by atoms with Gasteiger partial charge in [-0.05, 0) is 139 Å². The van der Waals surface area contributed by atoms with Gasteiger partial charge in [-0.2, -0.15) is 0 Å². The number of furan rings is 1. The highest BCUT2D eigenvalue weighted by atomic mass is 32.1. The van der Waals surface area contributed by atoms with Crippen molar-refractivity contribution in [1.29, 1.82) is 0 Å².